The number of hydrogen-bond donors (Lipinski definition) is 4. The number of hydrogen-bond acceptors (Lipinski definition) is 7. The topological polar surface area (TPSA) is 187 Å². The van der Waals surface area contributed by atoms with E-state index in [-0.39, 0.29) is 43.5 Å². The average molecular weight is 559 g/mol. The molecule has 3 heterocycles. The van der Waals surface area contributed by atoms with Crippen LogP contribution in [0.1, 0.15) is 61.9 Å². The van der Waals surface area contributed by atoms with Crippen molar-refractivity contribution in [3.8, 4) is 0 Å². The first-order valence-corrected chi connectivity index (χ1v) is 13.8. The third kappa shape index (κ3) is 5.68. The molecule has 2 aliphatic carbocycles. The molecule has 1 aromatic heterocycles. The molecule has 1 aromatic rings. The summed E-state index contributed by atoms with van der Waals surface area (Å²) >= 11 is 0. The van der Waals surface area contributed by atoms with E-state index in [9.17, 15) is 39.0 Å². The highest BCUT2D eigenvalue weighted by atomic mass is 16.4. The van der Waals surface area contributed by atoms with E-state index < -0.39 is 65.7 Å². The Morgan fingerprint density at radius 2 is 1.30 bits per heavy atom. The summed E-state index contributed by atoms with van der Waals surface area (Å²) in [6, 6.07) is -0.360. The fourth-order valence-electron chi connectivity index (χ4n) is 6.31. The summed E-state index contributed by atoms with van der Waals surface area (Å²) in [5.41, 5.74) is 0. The number of likely N-dealkylation sites (tertiary alicyclic amines) is 2. The summed E-state index contributed by atoms with van der Waals surface area (Å²) in [7, 11) is 0. The fourth-order valence-corrected chi connectivity index (χ4v) is 6.31. The Kier molecular flexibility index (Phi) is 7.81. The van der Waals surface area contributed by atoms with Crippen LogP contribution in [0.2, 0.25) is 0 Å². The van der Waals surface area contributed by atoms with Gasteiger partial charge in [0.05, 0.1) is 6.26 Å². The zero-order valence-electron chi connectivity index (χ0n) is 22.0. The Labute approximate surface area is 230 Å². The summed E-state index contributed by atoms with van der Waals surface area (Å²) in [6.45, 7) is 0.0183. The number of rotatable bonds is 8. The summed E-state index contributed by atoms with van der Waals surface area (Å²) < 4.78 is 5.09. The number of carbonyl (C=O) groups is 6. The van der Waals surface area contributed by atoms with E-state index in [0.717, 1.165) is 12.8 Å². The lowest BCUT2D eigenvalue weighted by atomic mass is 9.77. The minimum atomic E-state index is -1.21. The fraction of sp³-hybridized carbons (Fsp3) is 0.630. The summed E-state index contributed by atoms with van der Waals surface area (Å²) in [4.78, 5) is 78.9. The Hall–Kier alpha value is -3.90. The van der Waals surface area contributed by atoms with Gasteiger partial charge in [0.15, 0.2) is 5.76 Å². The van der Waals surface area contributed by atoms with Crippen LogP contribution >= 0.6 is 0 Å². The van der Waals surface area contributed by atoms with E-state index in [1.54, 1.807) is 6.07 Å². The van der Waals surface area contributed by atoms with Crippen molar-refractivity contribution in [2.75, 3.05) is 13.1 Å². The van der Waals surface area contributed by atoms with Crippen molar-refractivity contribution in [2.24, 2.45) is 17.8 Å². The molecule has 2 saturated carbocycles. The van der Waals surface area contributed by atoms with Gasteiger partial charge >= 0.3 is 11.9 Å². The SMILES string of the molecule is O=C(N[C@H]1C[C@@H](C(=O)O)N(C(=O)[C@@H]2CCCC[C@H]2C(=O)N2C[C@@H](NC(=O)C3CC3)C[C@H]2C(=O)O)C1)c1ccco1. The Morgan fingerprint density at radius 3 is 1.75 bits per heavy atom. The normalized spacial score (nSPS) is 30.1. The molecule has 0 unspecified atom stereocenters. The van der Waals surface area contributed by atoms with Crippen molar-refractivity contribution in [2.45, 2.75) is 75.5 Å². The minimum absolute atomic E-state index is 0.00837. The molecule has 40 heavy (non-hydrogen) atoms. The molecule has 4 fully saturated rings. The molecule has 4 aliphatic rings. The van der Waals surface area contributed by atoms with Crippen LogP contribution < -0.4 is 10.6 Å². The standard InChI is InChI=1S/C27H34N4O9/c32-22(14-7-8-14)28-15-10-19(26(36)37)30(12-15)24(34)17-4-1-2-5-18(17)25(35)31-13-16(11-20(31)27(38)39)29-23(33)21-6-3-9-40-21/h3,6,9,14-20H,1-2,4-5,7-8,10-13H2,(H,28,32)(H,29,33)(H,36,37)(H,38,39)/t15-,16-,17+,18+,19-,20-/m0/s1. The van der Waals surface area contributed by atoms with Crippen LogP contribution in [0.3, 0.4) is 0 Å². The summed E-state index contributed by atoms with van der Waals surface area (Å²) in [5, 5.41) is 25.3. The summed E-state index contributed by atoms with van der Waals surface area (Å²) in [5.74, 6) is -5.55. The maximum atomic E-state index is 13.8. The molecule has 2 saturated heterocycles. The van der Waals surface area contributed by atoms with Gasteiger partial charge in [-0.2, -0.15) is 0 Å². The second-order valence-corrected chi connectivity index (χ2v) is 11.3. The van der Waals surface area contributed by atoms with Crippen molar-refractivity contribution in [1.29, 1.82) is 0 Å². The van der Waals surface area contributed by atoms with Gasteiger partial charge in [-0.3, -0.25) is 19.2 Å². The van der Waals surface area contributed by atoms with E-state index in [1.807, 2.05) is 0 Å². The number of furan rings is 1. The van der Waals surface area contributed by atoms with Gasteiger partial charge in [0.25, 0.3) is 5.91 Å². The molecule has 2 aliphatic heterocycles. The molecule has 4 amide bonds. The molecule has 13 nitrogen and oxygen atoms in total. The molecule has 216 valence electrons. The van der Waals surface area contributed by atoms with Gasteiger partial charge in [0, 0.05) is 55.8 Å². The van der Waals surface area contributed by atoms with Gasteiger partial charge in [0.2, 0.25) is 17.7 Å². The quantitative estimate of drug-likeness (QED) is 0.351. The van der Waals surface area contributed by atoms with E-state index in [1.165, 1.54) is 22.1 Å². The van der Waals surface area contributed by atoms with Crippen LogP contribution in [0, 0.1) is 17.8 Å². The zero-order chi connectivity index (χ0) is 28.6. The lowest BCUT2D eigenvalue weighted by Crippen LogP contribution is -2.51. The van der Waals surface area contributed by atoms with Crippen molar-refractivity contribution in [3.05, 3.63) is 24.2 Å². The Morgan fingerprint density at radius 1 is 0.775 bits per heavy atom. The second kappa shape index (κ2) is 11.3. The number of nitrogens with one attached hydrogen (secondary N) is 2. The van der Waals surface area contributed by atoms with Crippen molar-refractivity contribution in [1.82, 2.24) is 20.4 Å². The number of carboxylic acids is 2. The highest BCUT2D eigenvalue weighted by molar-refractivity contribution is 5.94. The van der Waals surface area contributed by atoms with E-state index >= 15 is 0 Å². The third-order valence-corrected chi connectivity index (χ3v) is 8.51. The first-order valence-electron chi connectivity index (χ1n) is 13.8. The first-order chi connectivity index (χ1) is 19.1. The molecule has 0 radical (unpaired) electrons. The molecule has 4 N–H and O–H groups in total. The van der Waals surface area contributed by atoms with Crippen LogP contribution in [-0.2, 0) is 24.0 Å². The maximum absolute atomic E-state index is 13.8. The van der Waals surface area contributed by atoms with Crippen LogP contribution in [0.5, 0.6) is 0 Å². The number of carbonyl (C=O) groups excluding carboxylic acids is 4. The van der Waals surface area contributed by atoms with Gasteiger partial charge in [-0.15, -0.1) is 0 Å². The predicted molar refractivity (Wildman–Crippen MR) is 136 cm³/mol. The molecular formula is C27H34N4O9. The molecule has 6 atom stereocenters. The lowest BCUT2D eigenvalue weighted by Gasteiger charge is -2.36. The van der Waals surface area contributed by atoms with Crippen LogP contribution in [0.15, 0.2) is 22.8 Å². The van der Waals surface area contributed by atoms with Gasteiger partial charge < -0.3 is 35.1 Å². The molecule has 5 rings (SSSR count). The predicted octanol–water partition coefficient (Wildman–Crippen LogP) is 0.450. The monoisotopic (exact) mass is 558 g/mol. The average Bonchev–Trinajstić information content (AvgIpc) is 3.29. The van der Waals surface area contributed by atoms with Gasteiger partial charge in [-0.1, -0.05) is 12.8 Å². The Bertz CT molecular complexity index is 1180. The molecule has 0 spiro atoms. The largest absolute Gasteiger partial charge is 0.480 e. The highest BCUT2D eigenvalue weighted by Crippen LogP contribution is 2.37. The zero-order valence-corrected chi connectivity index (χ0v) is 22.0. The number of aliphatic carboxylic acids is 2. The Balaban J connectivity index is 1.29. The lowest BCUT2D eigenvalue weighted by molar-refractivity contribution is -0.156. The van der Waals surface area contributed by atoms with Crippen molar-refractivity contribution < 1.29 is 43.4 Å². The third-order valence-electron chi connectivity index (χ3n) is 8.51. The van der Waals surface area contributed by atoms with Crippen LogP contribution in [0.25, 0.3) is 0 Å². The number of carboxylic acid groups (broad SMARTS) is 2. The maximum Gasteiger partial charge on any atom is 0.326 e. The van der Waals surface area contributed by atoms with Crippen molar-refractivity contribution >= 4 is 35.6 Å². The highest BCUT2D eigenvalue weighted by Gasteiger charge is 2.49. The minimum Gasteiger partial charge on any atom is -0.480 e. The smallest absolute Gasteiger partial charge is 0.326 e. The van der Waals surface area contributed by atoms with E-state index in [4.69, 9.17) is 4.42 Å². The van der Waals surface area contributed by atoms with Gasteiger partial charge in [-0.05, 0) is 37.8 Å². The first kappa shape index (κ1) is 27.7. The summed E-state index contributed by atoms with van der Waals surface area (Å²) in [6.07, 6.45) is 5.15. The molecule has 13 heteroatoms. The number of amides is 4. The van der Waals surface area contributed by atoms with Crippen molar-refractivity contribution in [3.63, 3.8) is 0 Å². The van der Waals surface area contributed by atoms with E-state index in [0.29, 0.717) is 25.7 Å². The second-order valence-electron chi connectivity index (χ2n) is 11.3. The number of nitrogens with zero attached hydrogens (tertiary/aromatic N) is 2. The van der Waals surface area contributed by atoms with Crippen LogP contribution in [0.4, 0.5) is 0 Å². The molecule has 0 bridgehead atoms. The van der Waals surface area contributed by atoms with Crippen LogP contribution in [-0.4, -0.2) is 92.8 Å². The van der Waals surface area contributed by atoms with E-state index in [2.05, 4.69) is 10.6 Å². The van der Waals surface area contributed by atoms with Gasteiger partial charge in [-0.25, -0.2) is 9.59 Å². The molecule has 0 aromatic carbocycles. The van der Waals surface area contributed by atoms with Gasteiger partial charge in [0.1, 0.15) is 12.1 Å². The molecular weight excluding hydrogens is 524 g/mol.